The largest absolute Gasteiger partial charge is 0.496 e. The van der Waals surface area contributed by atoms with Crippen LogP contribution in [0.4, 0.5) is 0 Å². The third-order valence-electron chi connectivity index (χ3n) is 2.79. The van der Waals surface area contributed by atoms with Gasteiger partial charge in [0.1, 0.15) is 5.75 Å². The molecule has 0 saturated heterocycles. The van der Waals surface area contributed by atoms with E-state index >= 15 is 0 Å². The highest BCUT2D eigenvalue weighted by atomic mass is 16.5. The molecule has 0 saturated carbocycles. The van der Waals surface area contributed by atoms with Gasteiger partial charge in [0.2, 0.25) is 0 Å². The van der Waals surface area contributed by atoms with E-state index in [1.807, 2.05) is 12.1 Å². The van der Waals surface area contributed by atoms with Gasteiger partial charge in [-0.1, -0.05) is 26.0 Å². The first-order valence-corrected chi connectivity index (χ1v) is 5.47. The maximum Gasteiger partial charge on any atom is 0.307 e. The highest BCUT2D eigenvalue weighted by molar-refractivity contribution is 5.70. The molecule has 1 unspecified atom stereocenters. The van der Waals surface area contributed by atoms with Crippen LogP contribution in [0, 0.1) is 0 Å². The van der Waals surface area contributed by atoms with Crippen LogP contribution < -0.4 is 4.74 Å². The first kappa shape index (κ1) is 12.6. The number of hydrogen-bond donors (Lipinski definition) is 1. The molecule has 0 aliphatic heterocycles. The van der Waals surface area contributed by atoms with Gasteiger partial charge >= 0.3 is 5.97 Å². The summed E-state index contributed by atoms with van der Waals surface area (Å²) >= 11 is 0. The van der Waals surface area contributed by atoms with Crippen LogP contribution >= 0.6 is 0 Å². The van der Waals surface area contributed by atoms with E-state index in [-0.39, 0.29) is 6.42 Å². The van der Waals surface area contributed by atoms with Crippen molar-refractivity contribution in [2.24, 2.45) is 0 Å². The second kappa shape index (κ2) is 5.54. The Labute approximate surface area is 96.1 Å². The smallest absolute Gasteiger partial charge is 0.307 e. The minimum absolute atomic E-state index is 0.0629. The molecule has 0 radical (unpaired) electrons. The Morgan fingerprint density at radius 2 is 2.19 bits per heavy atom. The second-order valence-electron chi connectivity index (χ2n) is 3.96. The van der Waals surface area contributed by atoms with Crippen LogP contribution in [0.5, 0.6) is 5.75 Å². The van der Waals surface area contributed by atoms with Crippen molar-refractivity contribution in [2.45, 2.75) is 32.6 Å². The SMILES string of the molecule is CCC(C)c1cc(CC(=O)O)ccc1OC. The van der Waals surface area contributed by atoms with Crippen LogP contribution in [0.3, 0.4) is 0 Å². The fourth-order valence-electron chi connectivity index (χ4n) is 1.67. The molecule has 16 heavy (non-hydrogen) atoms. The lowest BCUT2D eigenvalue weighted by molar-refractivity contribution is -0.136. The molecule has 0 amide bonds. The van der Waals surface area contributed by atoms with Gasteiger partial charge in [0.05, 0.1) is 13.5 Å². The minimum atomic E-state index is -0.805. The van der Waals surface area contributed by atoms with Gasteiger partial charge in [-0.15, -0.1) is 0 Å². The summed E-state index contributed by atoms with van der Waals surface area (Å²) in [4.78, 5) is 10.6. The monoisotopic (exact) mass is 222 g/mol. The topological polar surface area (TPSA) is 46.5 Å². The molecule has 0 spiro atoms. The fraction of sp³-hybridized carbons (Fsp3) is 0.462. The Hall–Kier alpha value is -1.51. The van der Waals surface area contributed by atoms with Crippen LogP contribution in [0.2, 0.25) is 0 Å². The Morgan fingerprint density at radius 3 is 2.69 bits per heavy atom. The lowest BCUT2D eigenvalue weighted by atomic mass is 9.95. The van der Waals surface area contributed by atoms with Crippen LogP contribution in [-0.2, 0) is 11.2 Å². The maximum absolute atomic E-state index is 10.6. The molecular weight excluding hydrogens is 204 g/mol. The number of ether oxygens (including phenoxy) is 1. The van der Waals surface area contributed by atoms with E-state index in [0.717, 1.165) is 23.3 Å². The van der Waals surface area contributed by atoms with Crippen molar-refractivity contribution in [3.63, 3.8) is 0 Å². The van der Waals surface area contributed by atoms with Gasteiger partial charge in [-0.3, -0.25) is 4.79 Å². The summed E-state index contributed by atoms with van der Waals surface area (Å²) in [5.74, 6) is 0.410. The van der Waals surface area contributed by atoms with Gasteiger partial charge in [-0.05, 0) is 29.5 Å². The van der Waals surface area contributed by atoms with Gasteiger partial charge in [0.25, 0.3) is 0 Å². The highest BCUT2D eigenvalue weighted by Gasteiger charge is 2.11. The Bertz CT molecular complexity index is 371. The van der Waals surface area contributed by atoms with Crippen molar-refractivity contribution < 1.29 is 14.6 Å². The van der Waals surface area contributed by atoms with E-state index in [0.29, 0.717) is 5.92 Å². The van der Waals surface area contributed by atoms with E-state index in [2.05, 4.69) is 13.8 Å². The van der Waals surface area contributed by atoms with E-state index in [4.69, 9.17) is 9.84 Å². The minimum Gasteiger partial charge on any atom is -0.496 e. The number of carboxylic acids is 1. The molecule has 0 heterocycles. The van der Waals surface area contributed by atoms with Crippen molar-refractivity contribution in [2.75, 3.05) is 7.11 Å². The Kier molecular flexibility index (Phi) is 4.35. The number of carboxylic acid groups (broad SMARTS) is 1. The first-order chi connectivity index (χ1) is 7.58. The van der Waals surface area contributed by atoms with Crippen molar-refractivity contribution in [3.8, 4) is 5.75 Å². The molecule has 1 aromatic carbocycles. The molecule has 3 heteroatoms. The highest BCUT2D eigenvalue weighted by Crippen LogP contribution is 2.29. The standard InChI is InChI=1S/C13H18O3/c1-4-9(2)11-7-10(8-13(14)15)5-6-12(11)16-3/h5-7,9H,4,8H2,1-3H3,(H,14,15). The zero-order valence-electron chi connectivity index (χ0n) is 9.99. The summed E-state index contributed by atoms with van der Waals surface area (Å²) in [7, 11) is 1.64. The van der Waals surface area contributed by atoms with Gasteiger partial charge in [-0.2, -0.15) is 0 Å². The van der Waals surface area contributed by atoms with Crippen molar-refractivity contribution in [1.29, 1.82) is 0 Å². The summed E-state index contributed by atoms with van der Waals surface area (Å²) in [5.41, 5.74) is 1.91. The predicted molar refractivity (Wildman–Crippen MR) is 63.0 cm³/mol. The zero-order chi connectivity index (χ0) is 12.1. The van der Waals surface area contributed by atoms with Gasteiger partial charge in [-0.25, -0.2) is 0 Å². The summed E-state index contributed by atoms with van der Waals surface area (Å²) in [6.45, 7) is 4.22. The molecule has 0 aliphatic carbocycles. The molecule has 1 atom stereocenters. The average Bonchev–Trinajstić information content (AvgIpc) is 2.27. The molecule has 3 nitrogen and oxygen atoms in total. The number of methoxy groups -OCH3 is 1. The maximum atomic E-state index is 10.6. The second-order valence-corrected chi connectivity index (χ2v) is 3.96. The van der Waals surface area contributed by atoms with E-state index in [9.17, 15) is 4.79 Å². The third kappa shape index (κ3) is 2.99. The molecular formula is C13H18O3. The van der Waals surface area contributed by atoms with Crippen molar-refractivity contribution in [1.82, 2.24) is 0 Å². The number of aliphatic carboxylic acids is 1. The summed E-state index contributed by atoms with van der Waals surface area (Å²) in [6, 6.07) is 5.58. The van der Waals surface area contributed by atoms with E-state index < -0.39 is 5.97 Å². The molecule has 1 aromatic rings. The van der Waals surface area contributed by atoms with Gasteiger partial charge in [0.15, 0.2) is 0 Å². The zero-order valence-corrected chi connectivity index (χ0v) is 9.99. The summed E-state index contributed by atoms with van der Waals surface area (Å²) in [5, 5.41) is 8.75. The number of hydrogen-bond acceptors (Lipinski definition) is 2. The van der Waals surface area contributed by atoms with E-state index in [1.54, 1.807) is 13.2 Å². The lowest BCUT2D eigenvalue weighted by Crippen LogP contribution is -2.03. The molecule has 0 aromatic heterocycles. The summed E-state index contributed by atoms with van der Waals surface area (Å²) < 4.78 is 5.28. The lowest BCUT2D eigenvalue weighted by Gasteiger charge is -2.15. The quantitative estimate of drug-likeness (QED) is 0.833. The van der Waals surface area contributed by atoms with Crippen LogP contribution in [0.15, 0.2) is 18.2 Å². The molecule has 0 fully saturated rings. The van der Waals surface area contributed by atoms with Gasteiger partial charge < -0.3 is 9.84 Å². The van der Waals surface area contributed by atoms with Gasteiger partial charge in [0, 0.05) is 0 Å². The number of rotatable bonds is 5. The molecule has 1 N–H and O–H groups in total. The van der Waals surface area contributed by atoms with Crippen LogP contribution in [-0.4, -0.2) is 18.2 Å². The fourth-order valence-corrected chi connectivity index (χ4v) is 1.67. The number of carbonyl (C=O) groups is 1. The Morgan fingerprint density at radius 1 is 1.50 bits per heavy atom. The average molecular weight is 222 g/mol. The molecule has 1 rings (SSSR count). The van der Waals surface area contributed by atoms with E-state index in [1.165, 1.54) is 0 Å². The van der Waals surface area contributed by atoms with Crippen molar-refractivity contribution >= 4 is 5.97 Å². The van der Waals surface area contributed by atoms with Crippen molar-refractivity contribution in [3.05, 3.63) is 29.3 Å². The third-order valence-corrected chi connectivity index (χ3v) is 2.79. The number of benzene rings is 1. The molecule has 0 aliphatic rings. The van der Waals surface area contributed by atoms with Crippen LogP contribution in [0.1, 0.15) is 37.3 Å². The normalized spacial score (nSPS) is 12.2. The predicted octanol–water partition coefficient (Wildman–Crippen LogP) is 2.84. The first-order valence-electron chi connectivity index (χ1n) is 5.47. The van der Waals surface area contributed by atoms with Crippen LogP contribution in [0.25, 0.3) is 0 Å². The summed E-state index contributed by atoms with van der Waals surface area (Å²) in [6.07, 6.45) is 1.07. The molecule has 88 valence electrons. The molecule has 0 bridgehead atoms. The Balaban J connectivity index is 3.05.